The van der Waals surface area contributed by atoms with Crippen LogP contribution in [-0.2, 0) is 12.8 Å². The minimum Gasteiger partial charge on any atom is -0.493 e. The molecule has 2 unspecified atom stereocenters. The van der Waals surface area contributed by atoms with Crippen molar-refractivity contribution in [2.45, 2.75) is 18.9 Å². The number of fused-ring (bicyclic) bond motifs is 1. The summed E-state index contributed by atoms with van der Waals surface area (Å²) in [5.41, 5.74) is 2.55. The van der Waals surface area contributed by atoms with Gasteiger partial charge in [-0.05, 0) is 59.1 Å². The van der Waals surface area contributed by atoms with Gasteiger partial charge in [0, 0.05) is 28.8 Å². The van der Waals surface area contributed by atoms with E-state index in [1.165, 1.54) is 11.1 Å². The number of hydrogen-bond acceptors (Lipinski definition) is 3. The molecular formula is C17H19BrN2O. The van der Waals surface area contributed by atoms with Gasteiger partial charge in [-0.1, -0.05) is 18.2 Å². The van der Waals surface area contributed by atoms with Crippen LogP contribution >= 0.6 is 15.9 Å². The standard InChI is InChI=1S/C17H19BrN2O/c1-19-16(7-12-6-15(18)10-20-9-12)14-8-13-4-2-3-5-17(13)21-11-14/h2-6,9-10,14,16,19H,7-8,11H2,1H3. The third-order valence-corrected chi connectivity index (χ3v) is 4.50. The second kappa shape index (κ2) is 6.58. The van der Waals surface area contributed by atoms with E-state index in [2.05, 4.69) is 50.5 Å². The molecule has 1 aliphatic rings. The van der Waals surface area contributed by atoms with Gasteiger partial charge < -0.3 is 10.1 Å². The van der Waals surface area contributed by atoms with Gasteiger partial charge in [0.05, 0.1) is 6.61 Å². The predicted molar refractivity (Wildman–Crippen MR) is 87.6 cm³/mol. The van der Waals surface area contributed by atoms with Gasteiger partial charge in [0.25, 0.3) is 0 Å². The third-order valence-electron chi connectivity index (χ3n) is 4.06. The van der Waals surface area contributed by atoms with Crippen molar-refractivity contribution in [3.63, 3.8) is 0 Å². The fourth-order valence-corrected chi connectivity index (χ4v) is 3.35. The number of benzene rings is 1. The molecule has 2 heterocycles. The van der Waals surface area contributed by atoms with Gasteiger partial charge in [0.1, 0.15) is 5.75 Å². The number of aromatic nitrogens is 1. The summed E-state index contributed by atoms with van der Waals surface area (Å²) in [5, 5.41) is 3.45. The lowest BCUT2D eigenvalue weighted by atomic mass is 9.87. The van der Waals surface area contributed by atoms with E-state index in [9.17, 15) is 0 Å². The Morgan fingerprint density at radius 1 is 1.38 bits per heavy atom. The molecule has 0 aliphatic carbocycles. The molecule has 1 aromatic heterocycles. The molecule has 1 aromatic carbocycles. The third kappa shape index (κ3) is 3.44. The lowest BCUT2D eigenvalue weighted by Crippen LogP contribution is -2.41. The van der Waals surface area contributed by atoms with Gasteiger partial charge in [0.15, 0.2) is 0 Å². The normalized spacial score (nSPS) is 18.7. The van der Waals surface area contributed by atoms with Gasteiger partial charge in [0.2, 0.25) is 0 Å². The molecule has 0 radical (unpaired) electrons. The molecule has 21 heavy (non-hydrogen) atoms. The molecule has 110 valence electrons. The molecule has 0 fully saturated rings. The first-order valence-electron chi connectivity index (χ1n) is 7.23. The van der Waals surface area contributed by atoms with Crippen LogP contribution in [0, 0.1) is 5.92 Å². The maximum Gasteiger partial charge on any atom is 0.122 e. The highest BCUT2D eigenvalue weighted by Crippen LogP contribution is 2.29. The number of hydrogen-bond donors (Lipinski definition) is 1. The highest BCUT2D eigenvalue weighted by atomic mass is 79.9. The number of para-hydroxylation sites is 1. The smallest absolute Gasteiger partial charge is 0.122 e. The molecule has 3 nitrogen and oxygen atoms in total. The number of pyridine rings is 1. The van der Waals surface area contributed by atoms with Crippen molar-refractivity contribution in [3.8, 4) is 5.75 Å². The highest BCUT2D eigenvalue weighted by molar-refractivity contribution is 9.10. The number of likely N-dealkylation sites (N-methyl/N-ethyl adjacent to an activating group) is 1. The molecule has 2 aromatic rings. The first kappa shape index (κ1) is 14.5. The first-order chi connectivity index (χ1) is 10.3. The minimum absolute atomic E-state index is 0.384. The topological polar surface area (TPSA) is 34.2 Å². The van der Waals surface area contributed by atoms with Crippen LogP contribution in [0.1, 0.15) is 11.1 Å². The van der Waals surface area contributed by atoms with E-state index >= 15 is 0 Å². The zero-order valence-corrected chi connectivity index (χ0v) is 13.6. The summed E-state index contributed by atoms with van der Waals surface area (Å²) in [5.74, 6) is 1.51. The predicted octanol–water partition coefficient (Wildman–Crippen LogP) is 3.23. The van der Waals surface area contributed by atoms with E-state index in [1.54, 1.807) is 0 Å². The summed E-state index contributed by atoms with van der Waals surface area (Å²) >= 11 is 3.48. The van der Waals surface area contributed by atoms with Crippen molar-refractivity contribution in [2.24, 2.45) is 5.92 Å². The van der Waals surface area contributed by atoms with Crippen LogP contribution in [0.25, 0.3) is 0 Å². The summed E-state index contributed by atoms with van der Waals surface area (Å²) in [7, 11) is 2.02. The molecule has 4 heteroatoms. The van der Waals surface area contributed by atoms with Crippen LogP contribution in [0.4, 0.5) is 0 Å². The second-order valence-corrected chi connectivity index (χ2v) is 6.41. The molecule has 1 N–H and O–H groups in total. The number of nitrogens with one attached hydrogen (secondary N) is 1. The Hall–Kier alpha value is -1.39. The fraction of sp³-hybridized carbons (Fsp3) is 0.353. The largest absolute Gasteiger partial charge is 0.493 e. The van der Waals surface area contributed by atoms with E-state index in [-0.39, 0.29) is 0 Å². The highest BCUT2D eigenvalue weighted by Gasteiger charge is 2.26. The van der Waals surface area contributed by atoms with E-state index in [0.29, 0.717) is 12.0 Å². The average Bonchev–Trinajstić information content (AvgIpc) is 2.52. The first-order valence-corrected chi connectivity index (χ1v) is 8.03. The maximum atomic E-state index is 5.92. The van der Waals surface area contributed by atoms with Crippen LogP contribution in [-0.4, -0.2) is 24.7 Å². The van der Waals surface area contributed by atoms with Gasteiger partial charge in [-0.25, -0.2) is 0 Å². The van der Waals surface area contributed by atoms with Crippen molar-refractivity contribution in [3.05, 3.63) is 58.3 Å². The Kier molecular flexibility index (Phi) is 4.56. The molecule has 0 spiro atoms. The molecular weight excluding hydrogens is 328 g/mol. The molecule has 0 saturated heterocycles. The quantitative estimate of drug-likeness (QED) is 0.922. The van der Waals surface area contributed by atoms with Crippen molar-refractivity contribution in [2.75, 3.05) is 13.7 Å². The van der Waals surface area contributed by atoms with E-state index in [4.69, 9.17) is 4.74 Å². The van der Waals surface area contributed by atoms with Gasteiger partial charge >= 0.3 is 0 Å². The van der Waals surface area contributed by atoms with Crippen molar-refractivity contribution < 1.29 is 4.74 Å². The second-order valence-electron chi connectivity index (χ2n) is 5.49. The number of rotatable bonds is 4. The fourth-order valence-electron chi connectivity index (χ4n) is 2.94. The molecule has 0 bridgehead atoms. The lowest BCUT2D eigenvalue weighted by molar-refractivity contribution is 0.187. The Labute approximate surface area is 133 Å². The summed E-state index contributed by atoms with van der Waals surface area (Å²) in [6.07, 6.45) is 5.77. The van der Waals surface area contributed by atoms with Gasteiger partial charge in [-0.15, -0.1) is 0 Å². The number of halogens is 1. The van der Waals surface area contributed by atoms with E-state index < -0.39 is 0 Å². The van der Waals surface area contributed by atoms with Gasteiger partial charge in [-0.3, -0.25) is 4.98 Å². The molecule has 1 aliphatic heterocycles. The SMILES string of the molecule is CNC(Cc1cncc(Br)c1)C1COc2ccccc2C1. The zero-order chi connectivity index (χ0) is 14.7. The van der Waals surface area contributed by atoms with Crippen LogP contribution in [0.15, 0.2) is 47.2 Å². The Bertz CT molecular complexity index is 617. The minimum atomic E-state index is 0.384. The van der Waals surface area contributed by atoms with Crippen molar-refractivity contribution >= 4 is 15.9 Å². The Balaban J connectivity index is 1.73. The Morgan fingerprint density at radius 3 is 3.05 bits per heavy atom. The van der Waals surface area contributed by atoms with Crippen molar-refractivity contribution in [1.82, 2.24) is 10.3 Å². The van der Waals surface area contributed by atoms with Gasteiger partial charge in [-0.2, -0.15) is 0 Å². The summed E-state index contributed by atoms with van der Waals surface area (Å²) in [6.45, 7) is 0.768. The van der Waals surface area contributed by atoms with Crippen LogP contribution < -0.4 is 10.1 Å². The monoisotopic (exact) mass is 346 g/mol. The number of nitrogens with zero attached hydrogens (tertiary/aromatic N) is 1. The number of ether oxygens (including phenoxy) is 1. The Morgan fingerprint density at radius 2 is 2.24 bits per heavy atom. The molecule has 0 saturated carbocycles. The van der Waals surface area contributed by atoms with Crippen LogP contribution in [0.3, 0.4) is 0 Å². The lowest BCUT2D eigenvalue weighted by Gasteiger charge is -2.31. The maximum absolute atomic E-state index is 5.92. The zero-order valence-electron chi connectivity index (χ0n) is 12.1. The molecule has 0 amide bonds. The van der Waals surface area contributed by atoms with Crippen LogP contribution in [0.2, 0.25) is 0 Å². The summed E-state index contributed by atoms with van der Waals surface area (Å²) in [6, 6.07) is 10.8. The van der Waals surface area contributed by atoms with Crippen molar-refractivity contribution in [1.29, 1.82) is 0 Å². The molecule has 2 atom stereocenters. The van der Waals surface area contributed by atoms with E-state index in [1.807, 2.05) is 25.5 Å². The van der Waals surface area contributed by atoms with E-state index in [0.717, 1.165) is 29.7 Å². The average molecular weight is 347 g/mol. The summed E-state index contributed by atoms with van der Waals surface area (Å²) < 4.78 is 6.94. The molecule has 3 rings (SSSR count). The van der Waals surface area contributed by atoms with Crippen LogP contribution in [0.5, 0.6) is 5.75 Å². The summed E-state index contributed by atoms with van der Waals surface area (Å²) in [4.78, 5) is 4.25.